The Balaban J connectivity index is 1.33. The summed E-state index contributed by atoms with van der Waals surface area (Å²) in [6.45, 7) is 3.55. The van der Waals surface area contributed by atoms with Crippen LogP contribution in [0.5, 0.6) is 0 Å². The van der Waals surface area contributed by atoms with Crippen LogP contribution in [0.25, 0.3) is 10.6 Å². The average molecular weight is 386 g/mol. The lowest BCUT2D eigenvalue weighted by molar-refractivity contribution is -0.120. The monoisotopic (exact) mass is 385 g/mol. The van der Waals surface area contributed by atoms with Gasteiger partial charge in [-0.15, -0.1) is 21.5 Å². The molecule has 6 nitrogen and oxygen atoms in total. The molecule has 0 aliphatic carbocycles. The molecular weight excluding hydrogens is 366 g/mol. The first-order chi connectivity index (χ1) is 12.7. The maximum Gasteiger partial charge on any atom is 0.228 e. The second kappa shape index (κ2) is 7.51. The van der Waals surface area contributed by atoms with Gasteiger partial charge < -0.3 is 10.2 Å². The van der Waals surface area contributed by atoms with Crippen LogP contribution in [0.2, 0.25) is 0 Å². The summed E-state index contributed by atoms with van der Waals surface area (Å²) in [5.41, 5.74) is 1.84. The summed E-state index contributed by atoms with van der Waals surface area (Å²) in [6, 6.07) is 9.99. The van der Waals surface area contributed by atoms with Crippen LogP contribution in [0, 0.1) is 12.8 Å². The molecule has 1 N–H and O–H groups in total. The number of piperidine rings is 1. The Hall–Kier alpha value is -2.32. The zero-order chi connectivity index (χ0) is 17.9. The third-order valence-electron chi connectivity index (χ3n) is 4.49. The SMILES string of the molecule is Cc1cc(NC(=O)C2CCN(c3ccc(-c4cccs4)nn3)CC2)sn1. The topological polar surface area (TPSA) is 71.0 Å². The van der Waals surface area contributed by atoms with Crippen molar-refractivity contribution in [2.75, 3.05) is 23.3 Å². The standard InChI is InChI=1S/C18H19N5OS2/c1-12-11-17(26-22-12)19-18(24)13-6-8-23(9-7-13)16-5-4-14(20-21-16)15-3-2-10-25-15/h2-5,10-11,13H,6-9H2,1H3,(H,19,24). The van der Waals surface area contributed by atoms with Crippen molar-refractivity contribution < 1.29 is 4.79 Å². The van der Waals surface area contributed by atoms with Gasteiger partial charge >= 0.3 is 0 Å². The molecule has 1 saturated heterocycles. The fourth-order valence-corrected chi connectivity index (χ4v) is 4.42. The summed E-state index contributed by atoms with van der Waals surface area (Å²) in [5, 5.41) is 14.6. The van der Waals surface area contributed by atoms with Gasteiger partial charge in [0.15, 0.2) is 5.82 Å². The van der Waals surface area contributed by atoms with E-state index in [4.69, 9.17) is 0 Å². The molecule has 3 aromatic rings. The van der Waals surface area contributed by atoms with Gasteiger partial charge in [0.05, 0.1) is 10.6 Å². The van der Waals surface area contributed by atoms with Crippen LogP contribution >= 0.6 is 22.9 Å². The fraction of sp³-hybridized carbons (Fsp3) is 0.333. The van der Waals surface area contributed by atoms with E-state index in [1.165, 1.54) is 11.5 Å². The zero-order valence-electron chi connectivity index (χ0n) is 14.4. The predicted octanol–water partition coefficient (Wildman–Crippen LogP) is 3.83. The summed E-state index contributed by atoms with van der Waals surface area (Å²) >= 11 is 2.99. The molecule has 1 amide bonds. The van der Waals surface area contributed by atoms with Crippen molar-refractivity contribution in [2.24, 2.45) is 5.92 Å². The van der Waals surface area contributed by atoms with Gasteiger partial charge in [-0.3, -0.25) is 4.79 Å². The number of hydrogen-bond donors (Lipinski definition) is 1. The first-order valence-corrected chi connectivity index (χ1v) is 10.2. The minimum Gasteiger partial charge on any atom is -0.355 e. The summed E-state index contributed by atoms with van der Waals surface area (Å²) in [6.07, 6.45) is 1.63. The number of aryl methyl sites for hydroxylation is 1. The molecule has 4 heterocycles. The van der Waals surface area contributed by atoms with Gasteiger partial charge in [0.1, 0.15) is 10.7 Å². The first kappa shape index (κ1) is 17.1. The molecule has 8 heteroatoms. The molecule has 1 fully saturated rings. The molecule has 3 aromatic heterocycles. The summed E-state index contributed by atoms with van der Waals surface area (Å²) in [5.74, 6) is 1.00. The molecule has 4 rings (SSSR count). The number of rotatable bonds is 4. The van der Waals surface area contributed by atoms with E-state index in [0.717, 1.165) is 53.0 Å². The third-order valence-corrected chi connectivity index (χ3v) is 6.18. The molecule has 1 aliphatic heterocycles. The Kier molecular flexibility index (Phi) is 4.94. The van der Waals surface area contributed by atoms with Gasteiger partial charge in [0.2, 0.25) is 5.91 Å². The Morgan fingerprint density at radius 1 is 1.23 bits per heavy atom. The highest BCUT2D eigenvalue weighted by molar-refractivity contribution is 7.13. The number of aromatic nitrogens is 3. The lowest BCUT2D eigenvalue weighted by Crippen LogP contribution is -2.38. The minimum atomic E-state index is 0.0343. The van der Waals surface area contributed by atoms with Crippen molar-refractivity contribution in [1.82, 2.24) is 14.6 Å². The van der Waals surface area contributed by atoms with Crippen LogP contribution in [0.3, 0.4) is 0 Å². The highest BCUT2D eigenvalue weighted by atomic mass is 32.1. The van der Waals surface area contributed by atoms with Crippen LogP contribution in [0.1, 0.15) is 18.5 Å². The van der Waals surface area contributed by atoms with Crippen LogP contribution in [0.15, 0.2) is 35.7 Å². The Morgan fingerprint density at radius 3 is 2.69 bits per heavy atom. The largest absolute Gasteiger partial charge is 0.355 e. The smallest absolute Gasteiger partial charge is 0.228 e. The number of anilines is 2. The van der Waals surface area contributed by atoms with E-state index in [-0.39, 0.29) is 11.8 Å². The molecule has 0 atom stereocenters. The van der Waals surface area contributed by atoms with Crippen molar-refractivity contribution in [3.8, 4) is 10.6 Å². The number of thiophene rings is 1. The second-order valence-corrected chi connectivity index (χ2v) is 8.09. The van der Waals surface area contributed by atoms with Gasteiger partial charge in [-0.25, -0.2) is 0 Å². The predicted molar refractivity (Wildman–Crippen MR) is 106 cm³/mol. The van der Waals surface area contributed by atoms with Crippen molar-refractivity contribution in [3.63, 3.8) is 0 Å². The van der Waals surface area contributed by atoms with E-state index in [1.807, 2.05) is 42.6 Å². The molecule has 134 valence electrons. The number of carbonyl (C=O) groups is 1. The average Bonchev–Trinajstić information content (AvgIpc) is 3.34. The number of carbonyl (C=O) groups excluding carboxylic acids is 1. The van der Waals surface area contributed by atoms with Gasteiger partial charge in [-0.2, -0.15) is 4.37 Å². The Morgan fingerprint density at radius 2 is 2.08 bits per heavy atom. The van der Waals surface area contributed by atoms with Crippen molar-refractivity contribution in [2.45, 2.75) is 19.8 Å². The van der Waals surface area contributed by atoms with Crippen LogP contribution in [-0.4, -0.2) is 33.6 Å². The van der Waals surface area contributed by atoms with Gasteiger partial charge in [0.25, 0.3) is 0 Å². The number of nitrogens with one attached hydrogen (secondary N) is 1. The van der Waals surface area contributed by atoms with E-state index in [1.54, 1.807) is 11.3 Å². The lowest BCUT2D eigenvalue weighted by atomic mass is 9.96. The second-order valence-electron chi connectivity index (χ2n) is 6.34. The molecule has 0 radical (unpaired) electrons. The van der Waals surface area contributed by atoms with Crippen LogP contribution in [0.4, 0.5) is 10.8 Å². The van der Waals surface area contributed by atoms with Crippen LogP contribution in [-0.2, 0) is 4.79 Å². The van der Waals surface area contributed by atoms with E-state index in [2.05, 4.69) is 24.8 Å². The molecule has 0 aromatic carbocycles. The minimum absolute atomic E-state index is 0.0343. The molecule has 0 saturated carbocycles. The molecule has 0 unspecified atom stereocenters. The van der Waals surface area contributed by atoms with E-state index < -0.39 is 0 Å². The van der Waals surface area contributed by atoms with Gasteiger partial charge in [-0.1, -0.05) is 6.07 Å². The quantitative estimate of drug-likeness (QED) is 0.739. The molecular formula is C18H19N5OS2. The fourth-order valence-electron chi connectivity index (χ4n) is 3.07. The number of amides is 1. The molecule has 0 bridgehead atoms. The van der Waals surface area contributed by atoms with Crippen molar-refractivity contribution in [3.05, 3.63) is 41.4 Å². The maximum atomic E-state index is 12.4. The maximum absolute atomic E-state index is 12.4. The van der Waals surface area contributed by atoms with Gasteiger partial charge in [-0.05, 0) is 60.9 Å². The summed E-state index contributed by atoms with van der Waals surface area (Å²) < 4.78 is 4.20. The number of nitrogens with zero attached hydrogens (tertiary/aromatic N) is 4. The summed E-state index contributed by atoms with van der Waals surface area (Å²) in [7, 11) is 0. The zero-order valence-corrected chi connectivity index (χ0v) is 16.0. The van der Waals surface area contributed by atoms with E-state index >= 15 is 0 Å². The van der Waals surface area contributed by atoms with Crippen molar-refractivity contribution in [1.29, 1.82) is 0 Å². The summed E-state index contributed by atoms with van der Waals surface area (Å²) in [4.78, 5) is 15.7. The lowest BCUT2D eigenvalue weighted by Gasteiger charge is -2.31. The Labute approximate surface area is 160 Å². The molecule has 1 aliphatic rings. The normalized spacial score (nSPS) is 15.2. The molecule has 26 heavy (non-hydrogen) atoms. The van der Waals surface area contributed by atoms with Crippen LogP contribution < -0.4 is 10.2 Å². The highest BCUT2D eigenvalue weighted by Gasteiger charge is 2.26. The highest BCUT2D eigenvalue weighted by Crippen LogP contribution is 2.26. The van der Waals surface area contributed by atoms with E-state index in [0.29, 0.717) is 0 Å². The van der Waals surface area contributed by atoms with E-state index in [9.17, 15) is 4.79 Å². The molecule has 0 spiro atoms. The number of hydrogen-bond acceptors (Lipinski definition) is 7. The van der Waals surface area contributed by atoms with Crippen molar-refractivity contribution >= 4 is 39.6 Å². The third kappa shape index (κ3) is 3.76. The van der Waals surface area contributed by atoms with Gasteiger partial charge in [0, 0.05) is 19.0 Å². The first-order valence-electron chi connectivity index (χ1n) is 8.56. The Bertz CT molecular complexity index is 867.